The lowest BCUT2D eigenvalue weighted by Gasteiger charge is -2.56. The van der Waals surface area contributed by atoms with Gasteiger partial charge in [0.05, 0.1) is 19.2 Å². The van der Waals surface area contributed by atoms with Crippen LogP contribution in [0.15, 0.2) is 0 Å². The van der Waals surface area contributed by atoms with Gasteiger partial charge in [0.25, 0.3) is 0 Å². The molecule has 0 aromatic carbocycles. The van der Waals surface area contributed by atoms with Crippen molar-refractivity contribution < 1.29 is 14.7 Å². The van der Waals surface area contributed by atoms with Gasteiger partial charge in [0.1, 0.15) is 0 Å². The van der Waals surface area contributed by atoms with Gasteiger partial charge in [-0.3, -0.25) is 9.59 Å². The molecule has 0 saturated heterocycles. The van der Waals surface area contributed by atoms with E-state index in [4.69, 9.17) is 5.11 Å². The summed E-state index contributed by atoms with van der Waals surface area (Å²) in [6.45, 7) is 1.75. The quantitative estimate of drug-likeness (QED) is 0.779. The first-order chi connectivity index (χ1) is 10.9. The van der Waals surface area contributed by atoms with Crippen molar-refractivity contribution in [1.29, 1.82) is 0 Å². The molecule has 0 aromatic heterocycles. The van der Waals surface area contributed by atoms with Gasteiger partial charge in [-0.1, -0.05) is 0 Å². The summed E-state index contributed by atoms with van der Waals surface area (Å²) in [5, 5.41) is 11.9. The van der Waals surface area contributed by atoms with Crippen LogP contribution in [-0.4, -0.2) is 48.1 Å². The number of hydrogen-bond acceptors (Lipinski definition) is 3. The molecule has 0 aliphatic heterocycles. The Balaban J connectivity index is 1.49. The third-order valence-electron chi connectivity index (χ3n) is 6.46. The highest BCUT2D eigenvalue weighted by atomic mass is 16.3. The van der Waals surface area contributed by atoms with Gasteiger partial charge < -0.3 is 15.3 Å². The van der Waals surface area contributed by atoms with E-state index in [9.17, 15) is 9.59 Å². The lowest BCUT2D eigenvalue weighted by molar-refractivity contribution is -0.136. The second kappa shape index (κ2) is 6.42. The number of carbonyl (C=O) groups excluding carboxylic acids is 2. The third kappa shape index (κ3) is 3.54. The highest BCUT2D eigenvalue weighted by Crippen LogP contribution is 2.61. The van der Waals surface area contributed by atoms with E-state index in [1.54, 1.807) is 14.0 Å². The molecule has 4 aliphatic rings. The number of hydrogen-bond donors (Lipinski definition) is 2. The van der Waals surface area contributed by atoms with Crippen molar-refractivity contribution in [2.24, 2.45) is 23.2 Å². The number of nitrogens with one attached hydrogen (secondary N) is 1. The van der Waals surface area contributed by atoms with Crippen LogP contribution in [-0.2, 0) is 9.59 Å². The Labute approximate surface area is 138 Å². The molecule has 5 nitrogen and oxygen atoms in total. The molecular formula is C18H30N2O3. The molecule has 4 aliphatic carbocycles. The van der Waals surface area contributed by atoms with Crippen molar-refractivity contribution in [1.82, 2.24) is 10.2 Å². The molecule has 0 radical (unpaired) electrons. The van der Waals surface area contributed by atoms with Crippen LogP contribution in [0, 0.1) is 23.2 Å². The minimum atomic E-state index is -0.220. The first-order valence-electron chi connectivity index (χ1n) is 9.04. The normalized spacial score (nSPS) is 35.9. The highest BCUT2D eigenvalue weighted by Gasteiger charge is 2.51. The van der Waals surface area contributed by atoms with Crippen molar-refractivity contribution in [3.05, 3.63) is 0 Å². The molecule has 0 spiro atoms. The zero-order valence-electron chi connectivity index (χ0n) is 14.4. The van der Waals surface area contributed by atoms with E-state index < -0.39 is 0 Å². The Hall–Kier alpha value is -1.10. The molecular weight excluding hydrogens is 292 g/mol. The maximum absolute atomic E-state index is 12.4. The summed E-state index contributed by atoms with van der Waals surface area (Å²) >= 11 is 0. The monoisotopic (exact) mass is 322 g/mol. The molecule has 4 bridgehead atoms. The third-order valence-corrected chi connectivity index (χ3v) is 6.46. The van der Waals surface area contributed by atoms with Gasteiger partial charge in [-0.05, 0) is 68.6 Å². The minimum Gasteiger partial charge on any atom is -0.394 e. The van der Waals surface area contributed by atoms with Crippen LogP contribution >= 0.6 is 0 Å². The summed E-state index contributed by atoms with van der Waals surface area (Å²) < 4.78 is 0. The van der Waals surface area contributed by atoms with Crippen LogP contribution in [0.2, 0.25) is 0 Å². The summed E-state index contributed by atoms with van der Waals surface area (Å²) in [5.74, 6) is 2.39. The SMILES string of the molecule is CC(CO)N(C)C(=O)CNC(=O)CC12CC3CC(CC(C3)C1)C2. The average molecular weight is 322 g/mol. The molecule has 2 N–H and O–H groups in total. The summed E-state index contributed by atoms with van der Waals surface area (Å²) in [5.41, 5.74) is 0.214. The molecule has 5 heteroatoms. The molecule has 0 aromatic rings. The Morgan fingerprint density at radius 1 is 1.17 bits per heavy atom. The van der Waals surface area contributed by atoms with Gasteiger partial charge in [-0.25, -0.2) is 0 Å². The number of rotatable bonds is 6. The first kappa shape index (κ1) is 16.7. The fourth-order valence-electron chi connectivity index (χ4n) is 5.58. The highest BCUT2D eigenvalue weighted by molar-refractivity contribution is 5.85. The van der Waals surface area contributed by atoms with Crippen molar-refractivity contribution in [2.45, 2.75) is 57.9 Å². The van der Waals surface area contributed by atoms with Gasteiger partial charge in [-0.2, -0.15) is 0 Å². The summed E-state index contributed by atoms with van der Waals surface area (Å²) in [6, 6.07) is -0.220. The largest absolute Gasteiger partial charge is 0.394 e. The van der Waals surface area contributed by atoms with Gasteiger partial charge in [0.2, 0.25) is 11.8 Å². The molecule has 4 fully saturated rings. The van der Waals surface area contributed by atoms with Crippen molar-refractivity contribution in [2.75, 3.05) is 20.2 Å². The zero-order valence-corrected chi connectivity index (χ0v) is 14.4. The van der Waals surface area contributed by atoms with Crippen molar-refractivity contribution in [3.8, 4) is 0 Å². The smallest absolute Gasteiger partial charge is 0.242 e. The number of carbonyl (C=O) groups is 2. The zero-order chi connectivity index (χ0) is 16.6. The first-order valence-corrected chi connectivity index (χ1v) is 9.04. The van der Waals surface area contributed by atoms with Crippen LogP contribution in [0.1, 0.15) is 51.9 Å². The van der Waals surface area contributed by atoms with E-state index in [0.29, 0.717) is 6.42 Å². The summed E-state index contributed by atoms with van der Waals surface area (Å²) in [6.07, 6.45) is 8.35. The van der Waals surface area contributed by atoms with Crippen LogP contribution < -0.4 is 5.32 Å². The predicted octanol–water partition coefficient (Wildman–Crippen LogP) is 1.55. The van der Waals surface area contributed by atoms with Gasteiger partial charge in [-0.15, -0.1) is 0 Å². The van der Waals surface area contributed by atoms with Gasteiger partial charge in [0.15, 0.2) is 0 Å². The fourth-order valence-corrected chi connectivity index (χ4v) is 5.58. The topological polar surface area (TPSA) is 69.6 Å². The molecule has 1 atom stereocenters. The minimum absolute atomic E-state index is 0.0188. The second-order valence-corrected chi connectivity index (χ2v) is 8.41. The maximum atomic E-state index is 12.4. The van der Waals surface area contributed by atoms with Crippen LogP contribution in [0.4, 0.5) is 0 Å². The lowest BCUT2D eigenvalue weighted by atomic mass is 9.49. The summed E-state index contributed by atoms with van der Waals surface area (Å²) in [4.78, 5) is 25.9. The van der Waals surface area contributed by atoms with E-state index in [0.717, 1.165) is 17.8 Å². The van der Waals surface area contributed by atoms with E-state index >= 15 is 0 Å². The van der Waals surface area contributed by atoms with Crippen LogP contribution in [0.3, 0.4) is 0 Å². The summed E-state index contributed by atoms with van der Waals surface area (Å²) in [7, 11) is 1.66. The standard InChI is InChI=1S/C18H30N2O3/c1-12(11-21)20(2)17(23)10-19-16(22)9-18-6-13-3-14(7-18)5-15(4-13)8-18/h12-15,21H,3-11H2,1-2H3,(H,19,22). The van der Waals surface area contributed by atoms with E-state index in [1.165, 1.54) is 43.4 Å². The predicted molar refractivity (Wildman–Crippen MR) is 87.5 cm³/mol. The Kier molecular flexibility index (Phi) is 4.68. The molecule has 4 saturated carbocycles. The van der Waals surface area contributed by atoms with Crippen LogP contribution in [0.25, 0.3) is 0 Å². The number of amides is 2. The Morgan fingerprint density at radius 2 is 1.70 bits per heavy atom. The Bertz CT molecular complexity index is 442. The Morgan fingerprint density at radius 3 is 2.17 bits per heavy atom. The molecule has 2 amide bonds. The number of nitrogens with zero attached hydrogens (tertiary/aromatic N) is 1. The van der Waals surface area contributed by atoms with E-state index in [-0.39, 0.29) is 36.4 Å². The molecule has 4 rings (SSSR count). The fraction of sp³-hybridized carbons (Fsp3) is 0.889. The number of likely N-dealkylation sites (N-methyl/N-ethyl adjacent to an activating group) is 1. The van der Waals surface area contributed by atoms with E-state index in [1.807, 2.05) is 0 Å². The second-order valence-electron chi connectivity index (χ2n) is 8.41. The van der Waals surface area contributed by atoms with Crippen molar-refractivity contribution >= 4 is 11.8 Å². The van der Waals surface area contributed by atoms with E-state index in [2.05, 4.69) is 5.32 Å². The van der Waals surface area contributed by atoms with Crippen molar-refractivity contribution in [3.63, 3.8) is 0 Å². The maximum Gasteiger partial charge on any atom is 0.242 e. The molecule has 1 unspecified atom stereocenters. The molecule has 130 valence electrons. The molecule has 0 heterocycles. The average Bonchev–Trinajstić information content (AvgIpc) is 2.49. The van der Waals surface area contributed by atoms with Gasteiger partial charge >= 0.3 is 0 Å². The van der Waals surface area contributed by atoms with Gasteiger partial charge in [0, 0.05) is 13.5 Å². The lowest BCUT2D eigenvalue weighted by Crippen LogP contribution is -2.49. The molecule has 23 heavy (non-hydrogen) atoms. The number of aliphatic hydroxyl groups is 1. The van der Waals surface area contributed by atoms with Crippen LogP contribution in [0.5, 0.6) is 0 Å². The number of aliphatic hydroxyl groups excluding tert-OH is 1.